The number of amides is 1. The molecule has 2 rings (SSSR count). The molecule has 0 bridgehead atoms. The van der Waals surface area contributed by atoms with Gasteiger partial charge in [-0.2, -0.15) is 0 Å². The van der Waals surface area contributed by atoms with Gasteiger partial charge in [0.1, 0.15) is 0 Å². The summed E-state index contributed by atoms with van der Waals surface area (Å²) < 4.78 is 0. The van der Waals surface area contributed by atoms with Crippen LogP contribution in [0.2, 0.25) is 0 Å². The average Bonchev–Trinajstić information content (AvgIpc) is 2.69. The first kappa shape index (κ1) is 15.8. The molecule has 2 heterocycles. The zero-order valence-electron chi connectivity index (χ0n) is 13.4. The van der Waals surface area contributed by atoms with Crippen molar-refractivity contribution in [3.8, 4) is 0 Å². The van der Waals surface area contributed by atoms with E-state index in [4.69, 9.17) is 0 Å². The van der Waals surface area contributed by atoms with Crippen molar-refractivity contribution in [3.63, 3.8) is 0 Å². The molecule has 2 aliphatic rings. The van der Waals surface area contributed by atoms with E-state index in [2.05, 4.69) is 29.0 Å². The Morgan fingerprint density at radius 3 is 2.75 bits per heavy atom. The lowest BCUT2D eigenvalue weighted by molar-refractivity contribution is -0.129. The minimum absolute atomic E-state index is 0.000426. The number of likely N-dealkylation sites (tertiary alicyclic amines) is 1. The van der Waals surface area contributed by atoms with E-state index in [1.54, 1.807) is 0 Å². The van der Waals surface area contributed by atoms with Gasteiger partial charge in [-0.05, 0) is 46.1 Å². The van der Waals surface area contributed by atoms with Crippen LogP contribution in [-0.2, 0) is 4.79 Å². The summed E-state index contributed by atoms with van der Waals surface area (Å²) >= 11 is 0. The lowest BCUT2D eigenvalue weighted by Gasteiger charge is -2.34. The molecular weight excluding hydrogens is 250 g/mol. The van der Waals surface area contributed by atoms with Gasteiger partial charge in [0.25, 0.3) is 0 Å². The molecule has 0 aromatic rings. The van der Waals surface area contributed by atoms with Crippen LogP contribution in [-0.4, -0.2) is 53.6 Å². The summed E-state index contributed by atoms with van der Waals surface area (Å²) in [6.45, 7) is 9.79. The topological polar surface area (TPSA) is 35.6 Å². The standard InChI is InChI=1S/C16H31N3O/c1-4-8-15-17-14(3)16(20)19(15)12-7-11-18-10-6-5-9-13(18)2/h13-15,17H,4-12H2,1-3H3. The van der Waals surface area contributed by atoms with Crippen molar-refractivity contribution >= 4 is 5.91 Å². The highest BCUT2D eigenvalue weighted by Gasteiger charge is 2.35. The quantitative estimate of drug-likeness (QED) is 0.811. The molecule has 0 aromatic carbocycles. The number of piperidine rings is 1. The van der Waals surface area contributed by atoms with E-state index in [-0.39, 0.29) is 18.1 Å². The molecule has 2 aliphatic heterocycles. The molecule has 0 radical (unpaired) electrons. The number of nitrogens with one attached hydrogen (secondary N) is 1. The Hall–Kier alpha value is -0.610. The Balaban J connectivity index is 1.78. The number of carbonyl (C=O) groups is 1. The third-order valence-corrected chi connectivity index (χ3v) is 4.82. The van der Waals surface area contributed by atoms with E-state index in [9.17, 15) is 4.79 Å². The third kappa shape index (κ3) is 3.73. The second-order valence-corrected chi connectivity index (χ2v) is 6.46. The zero-order chi connectivity index (χ0) is 14.5. The molecule has 4 heteroatoms. The van der Waals surface area contributed by atoms with Crippen molar-refractivity contribution in [3.05, 3.63) is 0 Å². The van der Waals surface area contributed by atoms with Crippen molar-refractivity contribution in [2.75, 3.05) is 19.6 Å². The van der Waals surface area contributed by atoms with Gasteiger partial charge in [-0.25, -0.2) is 0 Å². The van der Waals surface area contributed by atoms with Crippen LogP contribution < -0.4 is 5.32 Å². The van der Waals surface area contributed by atoms with Crippen LogP contribution >= 0.6 is 0 Å². The van der Waals surface area contributed by atoms with Gasteiger partial charge in [0.05, 0.1) is 12.2 Å². The fourth-order valence-corrected chi connectivity index (χ4v) is 3.56. The van der Waals surface area contributed by atoms with Crippen LogP contribution in [0.25, 0.3) is 0 Å². The van der Waals surface area contributed by atoms with E-state index in [1.165, 1.54) is 25.8 Å². The summed E-state index contributed by atoms with van der Waals surface area (Å²) in [6, 6.07) is 0.724. The first-order valence-corrected chi connectivity index (χ1v) is 8.44. The number of hydrogen-bond donors (Lipinski definition) is 1. The van der Waals surface area contributed by atoms with Gasteiger partial charge in [0.2, 0.25) is 5.91 Å². The Morgan fingerprint density at radius 1 is 1.25 bits per heavy atom. The van der Waals surface area contributed by atoms with Crippen molar-refractivity contribution in [1.29, 1.82) is 0 Å². The molecule has 2 saturated heterocycles. The fraction of sp³-hybridized carbons (Fsp3) is 0.938. The molecule has 0 saturated carbocycles. The number of nitrogens with zero attached hydrogens (tertiary/aromatic N) is 2. The van der Waals surface area contributed by atoms with E-state index in [1.807, 2.05) is 6.92 Å². The van der Waals surface area contributed by atoms with Gasteiger partial charge in [-0.3, -0.25) is 10.1 Å². The Labute approximate surface area is 123 Å². The lowest BCUT2D eigenvalue weighted by Crippen LogP contribution is -2.41. The molecule has 0 aromatic heterocycles. The zero-order valence-corrected chi connectivity index (χ0v) is 13.4. The summed E-state index contributed by atoms with van der Waals surface area (Å²) in [5, 5.41) is 3.41. The van der Waals surface area contributed by atoms with Crippen LogP contribution in [0.3, 0.4) is 0 Å². The summed E-state index contributed by atoms with van der Waals surface area (Å²) in [6.07, 6.45) is 7.60. The molecular formula is C16H31N3O. The van der Waals surface area contributed by atoms with Crippen LogP contribution in [0.1, 0.15) is 59.3 Å². The maximum atomic E-state index is 12.2. The van der Waals surface area contributed by atoms with E-state index in [0.717, 1.165) is 38.4 Å². The van der Waals surface area contributed by atoms with Crippen molar-refractivity contribution < 1.29 is 4.79 Å². The first-order chi connectivity index (χ1) is 9.63. The van der Waals surface area contributed by atoms with Crippen molar-refractivity contribution in [1.82, 2.24) is 15.1 Å². The predicted octanol–water partition coefficient (Wildman–Crippen LogP) is 2.20. The Kier molecular flexibility index (Phi) is 5.85. The summed E-state index contributed by atoms with van der Waals surface area (Å²) in [5.74, 6) is 0.287. The van der Waals surface area contributed by atoms with Gasteiger partial charge in [0.15, 0.2) is 0 Å². The summed E-state index contributed by atoms with van der Waals surface area (Å²) in [7, 11) is 0. The smallest absolute Gasteiger partial charge is 0.240 e. The van der Waals surface area contributed by atoms with Gasteiger partial charge >= 0.3 is 0 Å². The van der Waals surface area contributed by atoms with Crippen molar-refractivity contribution in [2.24, 2.45) is 0 Å². The molecule has 4 nitrogen and oxygen atoms in total. The highest BCUT2D eigenvalue weighted by Crippen LogP contribution is 2.18. The molecule has 3 atom stereocenters. The molecule has 20 heavy (non-hydrogen) atoms. The predicted molar refractivity (Wildman–Crippen MR) is 82.5 cm³/mol. The summed E-state index contributed by atoms with van der Waals surface area (Å²) in [4.78, 5) is 16.9. The second-order valence-electron chi connectivity index (χ2n) is 6.46. The largest absolute Gasteiger partial charge is 0.326 e. The minimum Gasteiger partial charge on any atom is -0.326 e. The number of hydrogen-bond acceptors (Lipinski definition) is 3. The Bertz CT molecular complexity index is 321. The Morgan fingerprint density at radius 2 is 2.05 bits per heavy atom. The molecule has 116 valence electrons. The van der Waals surface area contributed by atoms with Crippen LogP contribution in [0.15, 0.2) is 0 Å². The van der Waals surface area contributed by atoms with Gasteiger partial charge in [-0.15, -0.1) is 0 Å². The normalized spacial score (nSPS) is 32.0. The molecule has 2 fully saturated rings. The maximum Gasteiger partial charge on any atom is 0.240 e. The molecule has 0 spiro atoms. The molecule has 1 amide bonds. The van der Waals surface area contributed by atoms with E-state index >= 15 is 0 Å². The molecule has 3 unspecified atom stereocenters. The summed E-state index contributed by atoms with van der Waals surface area (Å²) in [5.41, 5.74) is 0. The third-order valence-electron chi connectivity index (χ3n) is 4.82. The maximum absolute atomic E-state index is 12.2. The van der Waals surface area contributed by atoms with Crippen molar-refractivity contribution in [2.45, 2.75) is 77.5 Å². The second kappa shape index (κ2) is 7.41. The van der Waals surface area contributed by atoms with Gasteiger partial charge in [0, 0.05) is 19.1 Å². The number of rotatable bonds is 6. The van der Waals surface area contributed by atoms with Crippen LogP contribution in [0, 0.1) is 0 Å². The highest BCUT2D eigenvalue weighted by atomic mass is 16.2. The fourth-order valence-electron chi connectivity index (χ4n) is 3.56. The first-order valence-electron chi connectivity index (χ1n) is 8.44. The van der Waals surface area contributed by atoms with Crippen LogP contribution in [0.5, 0.6) is 0 Å². The van der Waals surface area contributed by atoms with Gasteiger partial charge < -0.3 is 9.80 Å². The van der Waals surface area contributed by atoms with Gasteiger partial charge in [-0.1, -0.05) is 19.8 Å². The van der Waals surface area contributed by atoms with E-state index < -0.39 is 0 Å². The number of carbonyl (C=O) groups excluding carboxylic acids is 1. The molecule has 0 aliphatic carbocycles. The SMILES string of the molecule is CCCC1NC(C)C(=O)N1CCCN1CCCCC1C. The highest BCUT2D eigenvalue weighted by molar-refractivity contribution is 5.83. The van der Waals surface area contributed by atoms with Crippen LogP contribution in [0.4, 0.5) is 0 Å². The molecule has 1 N–H and O–H groups in total. The van der Waals surface area contributed by atoms with E-state index in [0.29, 0.717) is 0 Å². The average molecular weight is 281 g/mol. The lowest BCUT2D eigenvalue weighted by atomic mass is 10.0. The monoisotopic (exact) mass is 281 g/mol. The minimum atomic E-state index is 0.000426.